The summed E-state index contributed by atoms with van der Waals surface area (Å²) in [4.78, 5) is 10.9. The molecule has 2 heteroatoms. The van der Waals surface area contributed by atoms with Gasteiger partial charge in [-0.3, -0.25) is 0 Å². The van der Waals surface area contributed by atoms with Gasteiger partial charge in [0.2, 0.25) is 0 Å². The Hall–Kier alpha value is -1.31. The fourth-order valence-electron chi connectivity index (χ4n) is 3.00. The first-order valence-electron chi connectivity index (χ1n) is 6.54. The summed E-state index contributed by atoms with van der Waals surface area (Å²) in [5, 5.41) is 9.54. The van der Waals surface area contributed by atoms with Gasteiger partial charge in [-0.25, -0.2) is 0 Å². The van der Waals surface area contributed by atoms with Crippen LogP contribution in [0.2, 0.25) is 0 Å². The topological polar surface area (TPSA) is 37.3 Å². The highest BCUT2D eigenvalue weighted by atomic mass is 16.3. The maximum absolute atomic E-state index is 10.9. The van der Waals surface area contributed by atoms with Crippen molar-refractivity contribution in [2.75, 3.05) is 0 Å². The van der Waals surface area contributed by atoms with E-state index < -0.39 is 0 Å². The molecule has 17 heavy (non-hydrogen) atoms. The SMILES string of the molecule is O=CCC(c1cccc(O)c1)C1CCCCC1. The van der Waals surface area contributed by atoms with E-state index >= 15 is 0 Å². The van der Waals surface area contributed by atoms with Crippen molar-refractivity contribution in [1.29, 1.82) is 0 Å². The lowest BCUT2D eigenvalue weighted by atomic mass is 9.75. The lowest BCUT2D eigenvalue weighted by Gasteiger charge is -2.29. The molecule has 0 radical (unpaired) electrons. The molecular formula is C15H20O2. The first-order chi connectivity index (χ1) is 8.31. The van der Waals surface area contributed by atoms with Crippen LogP contribution in [0.15, 0.2) is 24.3 Å². The van der Waals surface area contributed by atoms with Gasteiger partial charge in [0, 0.05) is 6.42 Å². The van der Waals surface area contributed by atoms with Crippen molar-refractivity contribution in [3.05, 3.63) is 29.8 Å². The largest absolute Gasteiger partial charge is 0.508 e. The monoisotopic (exact) mass is 232 g/mol. The molecule has 0 amide bonds. The molecule has 92 valence electrons. The molecular weight excluding hydrogens is 212 g/mol. The molecule has 1 aliphatic rings. The van der Waals surface area contributed by atoms with Crippen LogP contribution < -0.4 is 0 Å². The van der Waals surface area contributed by atoms with Crippen LogP contribution in [-0.4, -0.2) is 11.4 Å². The smallest absolute Gasteiger partial charge is 0.120 e. The average molecular weight is 232 g/mol. The molecule has 1 fully saturated rings. The maximum Gasteiger partial charge on any atom is 0.120 e. The number of carbonyl (C=O) groups is 1. The molecule has 1 aromatic carbocycles. The van der Waals surface area contributed by atoms with Crippen LogP contribution >= 0.6 is 0 Å². The van der Waals surface area contributed by atoms with Gasteiger partial charge in [-0.05, 0) is 42.4 Å². The van der Waals surface area contributed by atoms with Gasteiger partial charge >= 0.3 is 0 Å². The van der Waals surface area contributed by atoms with Crippen LogP contribution in [0.5, 0.6) is 5.75 Å². The number of benzene rings is 1. The van der Waals surface area contributed by atoms with E-state index in [0.29, 0.717) is 24.0 Å². The van der Waals surface area contributed by atoms with Gasteiger partial charge in [0.1, 0.15) is 12.0 Å². The second-order valence-electron chi connectivity index (χ2n) is 5.00. The van der Waals surface area contributed by atoms with Crippen LogP contribution in [0.1, 0.15) is 50.0 Å². The fraction of sp³-hybridized carbons (Fsp3) is 0.533. The minimum atomic E-state index is 0.292. The molecule has 2 rings (SSSR count). The van der Waals surface area contributed by atoms with E-state index in [4.69, 9.17) is 0 Å². The number of hydrogen-bond donors (Lipinski definition) is 1. The number of aldehydes is 1. The molecule has 1 aromatic rings. The third kappa shape index (κ3) is 3.09. The number of phenols is 1. The zero-order valence-corrected chi connectivity index (χ0v) is 10.1. The lowest BCUT2D eigenvalue weighted by molar-refractivity contribution is -0.108. The zero-order chi connectivity index (χ0) is 12.1. The number of phenolic OH excluding ortho intramolecular Hbond substituents is 1. The Kier molecular flexibility index (Phi) is 4.18. The van der Waals surface area contributed by atoms with Gasteiger partial charge in [-0.1, -0.05) is 31.4 Å². The molecule has 1 atom stereocenters. The molecule has 1 unspecified atom stereocenters. The molecule has 1 N–H and O–H groups in total. The van der Waals surface area contributed by atoms with Gasteiger partial charge in [0.15, 0.2) is 0 Å². The van der Waals surface area contributed by atoms with E-state index in [1.165, 1.54) is 32.1 Å². The molecule has 1 saturated carbocycles. The van der Waals surface area contributed by atoms with Crippen molar-refractivity contribution in [2.24, 2.45) is 5.92 Å². The summed E-state index contributed by atoms with van der Waals surface area (Å²) in [6.45, 7) is 0. The maximum atomic E-state index is 10.9. The fourth-order valence-corrected chi connectivity index (χ4v) is 3.00. The van der Waals surface area contributed by atoms with E-state index in [-0.39, 0.29) is 0 Å². The highest BCUT2D eigenvalue weighted by molar-refractivity contribution is 5.52. The summed E-state index contributed by atoms with van der Waals surface area (Å²) in [6, 6.07) is 7.39. The summed E-state index contributed by atoms with van der Waals surface area (Å²) in [6.07, 6.45) is 7.90. The van der Waals surface area contributed by atoms with Gasteiger partial charge < -0.3 is 9.90 Å². The molecule has 0 heterocycles. The number of carbonyl (C=O) groups excluding carboxylic acids is 1. The molecule has 0 saturated heterocycles. The van der Waals surface area contributed by atoms with E-state index in [1.807, 2.05) is 18.2 Å². The Bertz CT molecular complexity index is 367. The molecule has 0 spiro atoms. The highest BCUT2D eigenvalue weighted by Crippen LogP contribution is 2.38. The van der Waals surface area contributed by atoms with E-state index in [0.717, 1.165) is 11.8 Å². The molecule has 0 bridgehead atoms. The van der Waals surface area contributed by atoms with Gasteiger partial charge in [0.25, 0.3) is 0 Å². The van der Waals surface area contributed by atoms with Crippen LogP contribution in [0, 0.1) is 5.92 Å². The third-order valence-electron chi connectivity index (χ3n) is 3.87. The Morgan fingerprint density at radius 3 is 2.71 bits per heavy atom. The van der Waals surface area contributed by atoms with Crippen molar-refractivity contribution < 1.29 is 9.90 Å². The average Bonchev–Trinajstić information content (AvgIpc) is 2.37. The quantitative estimate of drug-likeness (QED) is 0.805. The Balaban J connectivity index is 2.18. The second-order valence-corrected chi connectivity index (χ2v) is 5.00. The Morgan fingerprint density at radius 1 is 1.29 bits per heavy atom. The second kappa shape index (κ2) is 5.85. The standard InChI is InChI=1S/C15H20O2/c16-10-9-15(12-5-2-1-3-6-12)13-7-4-8-14(17)11-13/h4,7-8,10-12,15,17H,1-3,5-6,9H2. The van der Waals surface area contributed by atoms with E-state index in [1.54, 1.807) is 6.07 Å². The molecule has 2 nitrogen and oxygen atoms in total. The minimum absolute atomic E-state index is 0.292. The van der Waals surface area contributed by atoms with Gasteiger partial charge in [-0.15, -0.1) is 0 Å². The van der Waals surface area contributed by atoms with Gasteiger partial charge in [-0.2, -0.15) is 0 Å². The van der Waals surface area contributed by atoms with Crippen LogP contribution in [0.3, 0.4) is 0 Å². The van der Waals surface area contributed by atoms with Crippen LogP contribution in [0.25, 0.3) is 0 Å². The molecule has 1 aliphatic carbocycles. The van der Waals surface area contributed by atoms with Gasteiger partial charge in [0.05, 0.1) is 0 Å². The van der Waals surface area contributed by atoms with E-state index in [2.05, 4.69) is 0 Å². The number of rotatable bonds is 4. The first-order valence-corrected chi connectivity index (χ1v) is 6.54. The van der Waals surface area contributed by atoms with Crippen LogP contribution in [-0.2, 0) is 4.79 Å². The first kappa shape index (κ1) is 12.2. The number of aromatic hydroxyl groups is 1. The predicted molar refractivity (Wildman–Crippen MR) is 68.1 cm³/mol. The normalized spacial score (nSPS) is 18.8. The van der Waals surface area contributed by atoms with Crippen molar-refractivity contribution in [2.45, 2.75) is 44.4 Å². The van der Waals surface area contributed by atoms with Crippen molar-refractivity contribution >= 4 is 6.29 Å². The summed E-state index contributed by atoms with van der Waals surface area (Å²) in [5.41, 5.74) is 1.11. The zero-order valence-electron chi connectivity index (χ0n) is 10.1. The van der Waals surface area contributed by atoms with Crippen molar-refractivity contribution in [1.82, 2.24) is 0 Å². The third-order valence-corrected chi connectivity index (χ3v) is 3.87. The van der Waals surface area contributed by atoms with Crippen molar-refractivity contribution in [3.63, 3.8) is 0 Å². The number of hydrogen-bond acceptors (Lipinski definition) is 2. The predicted octanol–water partition coefficient (Wildman–Crippen LogP) is 3.65. The van der Waals surface area contributed by atoms with Crippen molar-refractivity contribution in [3.8, 4) is 5.75 Å². The summed E-state index contributed by atoms with van der Waals surface area (Å²) >= 11 is 0. The lowest BCUT2D eigenvalue weighted by Crippen LogP contribution is -2.16. The minimum Gasteiger partial charge on any atom is -0.508 e. The summed E-state index contributed by atoms with van der Waals surface area (Å²) in [5.74, 6) is 1.20. The summed E-state index contributed by atoms with van der Waals surface area (Å²) < 4.78 is 0. The Labute approximate surface area is 103 Å². The van der Waals surface area contributed by atoms with E-state index in [9.17, 15) is 9.90 Å². The molecule has 0 aliphatic heterocycles. The molecule has 0 aromatic heterocycles. The Morgan fingerprint density at radius 2 is 2.06 bits per heavy atom. The van der Waals surface area contributed by atoms with Crippen LogP contribution in [0.4, 0.5) is 0 Å². The summed E-state index contributed by atoms with van der Waals surface area (Å²) in [7, 11) is 0. The highest BCUT2D eigenvalue weighted by Gasteiger charge is 2.24.